The Labute approximate surface area is 146 Å². The lowest BCUT2D eigenvalue weighted by Crippen LogP contribution is -2.22. The molecule has 24 heavy (non-hydrogen) atoms. The Hall–Kier alpha value is -1.69. The number of benzene rings is 1. The topological polar surface area (TPSA) is 49.6 Å². The van der Waals surface area contributed by atoms with Crippen LogP contribution in [0.15, 0.2) is 41.9 Å². The Bertz CT molecular complexity index is 791. The van der Waals surface area contributed by atoms with Crippen LogP contribution in [0.25, 0.3) is 4.96 Å². The molecule has 4 rings (SSSR count). The molecule has 0 saturated heterocycles. The van der Waals surface area contributed by atoms with Crippen molar-refractivity contribution in [2.24, 2.45) is 0 Å². The average Bonchev–Trinajstić information content (AvgIpc) is 3.26. The molecular formula is C19H23N3OS. The van der Waals surface area contributed by atoms with E-state index in [-0.39, 0.29) is 12.6 Å². The minimum atomic E-state index is 0.236. The highest BCUT2D eigenvalue weighted by Gasteiger charge is 2.30. The summed E-state index contributed by atoms with van der Waals surface area (Å²) in [5, 5.41) is 15.0. The molecule has 2 heterocycles. The van der Waals surface area contributed by atoms with Gasteiger partial charge in [0.1, 0.15) is 0 Å². The van der Waals surface area contributed by atoms with E-state index < -0.39 is 0 Å². The first-order chi connectivity index (χ1) is 11.9. The highest BCUT2D eigenvalue weighted by atomic mass is 32.1. The third kappa shape index (κ3) is 3.24. The summed E-state index contributed by atoms with van der Waals surface area (Å²) in [5.74, 6) is 0.654. The SMILES string of the molecule is OCCCC(NCc1c(C2CC2)nc2sccn12)c1ccccc1. The maximum Gasteiger partial charge on any atom is 0.194 e. The van der Waals surface area contributed by atoms with Gasteiger partial charge in [-0.05, 0) is 31.2 Å². The first kappa shape index (κ1) is 15.8. The number of aromatic nitrogens is 2. The molecule has 1 atom stereocenters. The number of imidazole rings is 1. The Kier molecular flexibility index (Phi) is 4.65. The molecule has 2 N–H and O–H groups in total. The van der Waals surface area contributed by atoms with Crippen molar-refractivity contribution in [1.82, 2.24) is 14.7 Å². The number of aliphatic hydroxyl groups is 1. The smallest absolute Gasteiger partial charge is 0.194 e. The van der Waals surface area contributed by atoms with Crippen LogP contribution in [0.2, 0.25) is 0 Å². The number of hydrogen-bond acceptors (Lipinski definition) is 4. The molecule has 1 fully saturated rings. The van der Waals surface area contributed by atoms with E-state index >= 15 is 0 Å². The van der Waals surface area contributed by atoms with Gasteiger partial charge in [-0.15, -0.1) is 11.3 Å². The molecule has 2 aromatic heterocycles. The van der Waals surface area contributed by atoms with E-state index in [2.05, 4.69) is 45.6 Å². The summed E-state index contributed by atoms with van der Waals surface area (Å²) in [6.45, 7) is 1.05. The lowest BCUT2D eigenvalue weighted by molar-refractivity contribution is 0.274. The molecule has 1 aromatic carbocycles. The maximum atomic E-state index is 9.21. The van der Waals surface area contributed by atoms with Crippen molar-refractivity contribution in [3.05, 3.63) is 58.9 Å². The lowest BCUT2D eigenvalue weighted by atomic mass is 10.0. The number of rotatable bonds is 8. The van der Waals surface area contributed by atoms with Crippen molar-refractivity contribution < 1.29 is 5.11 Å². The summed E-state index contributed by atoms with van der Waals surface area (Å²) >= 11 is 1.70. The van der Waals surface area contributed by atoms with Crippen molar-refractivity contribution in [2.75, 3.05) is 6.61 Å². The summed E-state index contributed by atoms with van der Waals surface area (Å²) in [7, 11) is 0. The molecule has 0 radical (unpaired) electrons. The number of nitrogens with one attached hydrogen (secondary N) is 1. The van der Waals surface area contributed by atoms with Gasteiger partial charge >= 0.3 is 0 Å². The standard InChI is InChI=1S/C19H23N3OS/c23-11-4-7-16(14-5-2-1-3-6-14)20-13-17-18(15-8-9-15)21-19-22(17)10-12-24-19/h1-3,5-6,10,12,15-16,20,23H,4,7-9,11,13H2. The van der Waals surface area contributed by atoms with Crippen molar-refractivity contribution in [3.63, 3.8) is 0 Å². The minimum absolute atomic E-state index is 0.236. The second-order valence-corrected chi connectivity index (χ2v) is 7.36. The van der Waals surface area contributed by atoms with Gasteiger partial charge in [0.05, 0.1) is 11.4 Å². The van der Waals surface area contributed by atoms with E-state index in [1.165, 1.54) is 29.8 Å². The van der Waals surface area contributed by atoms with Gasteiger partial charge in [-0.2, -0.15) is 0 Å². The predicted molar refractivity (Wildman–Crippen MR) is 97.4 cm³/mol. The van der Waals surface area contributed by atoms with Crippen molar-refractivity contribution in [3.8, 4) is 0 Å². The summed E-state index contributed by atoms with van der Waals surface area (Å²) < 4.78 is 2.24. The average molecular weight is 341 g/mol. The largest absolute Gasteiger partial charge is 0.396 e. The second kappa shape index (κ2) is 7.05. The number of fused-ring (bicyclic) bond motifs is 1. The molecule has 1 aliphatic carbocycles. The Balaban J connectivity index is 1.55. The molecule has 0 spiro atoms. The van der Waals surface area contributed by atoms with Crippen LogP contribution in [-0.2, 0) is 6.54 Å². The highest BCUT2D eigenvalue weighted by Crippen LogP contribution is 2.41. The number of thiazole rings is 1. The fraction of sp³-hybridized carbons (Fsp3) is 0.421. The Morgan fingerprint density at radius 3 is 2.88 bits per heavy atom. The number of aliphatic hydroxyl groups excluding tert-OH is 1. The molecule has 5 heteroatoms. The van der Waals surface area contributed by atoms with Gasteiger partial charge < -0.3 is 10.4 Å². The number of nitrogens with zero attached hydrogens (tertiary/aromatic N) is 2. The third-order valence-corrected chi connectivity index (χ3v) is 5.48. The van der Waals surface area contributed by atoms with Gasteiger partial charge in [0.25, 0.3) is 0 Å². The van der Waals surface area contributed by atoms with Crippen LogP contribution < -0.4 is 5.32 Å². The molecule has 126 valence electrons. The van der Waals surface area contributed by atoms with Gasteiger partial charge in [0.15, 0.2) is 4.96 Å². The van der Waals surface area contributed by atoms with E-state index in [4.69, 9.17) is 4.98 Å². The molecule has 3 aromatic rings. The van der Waals surface area contributed by atoms with Crippen LogP contribution in [0.3, 0.4) is 0 Å². The first-order valence-corrected chi connectivity index (χ1v) is 9.58. The molecule has 1 aliphatic rings. The molecule has 0 aliphatic heterocycles. The lowest BCUT2D eigenvalue weighted by Gasteiger charge is -2.19. The fourth-order valence-corrected chi connectivity index (χ4v) is 4.04. The minimum Gasteiger partial charge on any atom is -0.396 e. The fourth-order valence-electron chi connectivity index (χ4n) is 3.30. The van der Waals surface area contributed by atoms with Crippen LogP contribution >= 0.6 is 11.3 Å². The van der Waals surface area contributed by atoms with Gasteiger partial charge in [0.2, 0.25) is 0 Å². The molecule has 0 bridgehead atoms. The Morgan fingerprint density at radius 2 is 2.12 bits per heavy atom. The molecule has 1 saturated carbocycles. The summed E-state index contributed by atoms with van der Waals surface area (Å²) in [5.41, 5.74) is 3.87. The van der Waals surface area contributed by atoms with Crippen molar-refractivity contribution in [2.45, 2.75) is 44.2 Å². The highest BCUT2D eigenvalue weighted by molar-refractivity contribution is 7.15. The zero-order chi connectivity index (χ0) is 16.4. The molecular weight excluding hydrogens is 318 g/mol. The van der Waals surface area contributed by atoms with Gasteiger partial charge in [-0.3, -0.25) is 4.40 Å². The van der Waals surface area contributed by atoms with Gasteiger partial charge in [0, 0.05) is 36.7 Å². The maximum absolute atomic E-state index is 9.21. The predicted octanol–water partition coefficient (Wildman–Crippen LogP) is 3.88. The monoisotopic (exact) mass is 341 g/mol. The summed E-state index contributed by atoms with van der Waals surface area (Å²) in [6.07, 6.45) is 6.41. The van der Waals surface area contributed by atoms with Crippen LogP contribution in [0.4, 0.5) is 0 Å². The quantitative estimate of drug-likeness (QED) is 0.654. The molecule has 4 nitrogen and oxygen atoms in total. The van der Waals surface area contributed by atoms with Gasteiger partial charge in [-0.25, -0.2) is 4.98 Å². The first-order valence-electron chi connectivity index (χ1n) is 8.70. The zero-order valence-corrected chi connectivity index (χ0v) is 14.5. The summed E-state index contributed by atoms with van der Waals surface area (Å²) in [4.78, 5) is 5.95. The molecule has 1 unspecified atom stereocenters. The zero-order valence-electron chi connectivity index (χ0n) is 13.7. The van der Waals surface area contributed by atoms with Crippen LogP contribution in [0.1, 0.15) is 54.6 Å². The van der Waals surface area contributed by atoms with Crippen LogP contribution in [0, 0.1) is 0 Å². The van der Waals surface area contributed by atoms with Crippen LogP contribution in [0.5, 0.6) is 0 Å². The number of hydrogen-bond donors (Lipinski definition) is 2. The van der Waals surface area contributed by atoms with Crippen molar-refractivity contribution >= 4 is 16.3 Å². The van der Waals surface area contributed by atoms with Crippen LogP contribution in [-0.4, -0.2) is 21.1 Å². The van der Waals surface area contributed by atoms with Gasteiger partial charge in [-0.1, -0.05) is 30.3 Å². The Morgan fingerprint density at radius 1 is 1.29 bits per heavy atom. The van der Waals surface area contributed by atoms with E-state index in [0.29, 0.717) is 5.92 Å². The van der Waals surface area contributed by atoms with E-state index in [1.54, 1.807) is 11.3 Å². The third-order valence-electron chi connectivity index (χ3n) is 4.72. The second-order valence-electron chi connectivity index (χ2n) is 6.48. The van der Waals surface area contributed by atoms with E-state index in [0.717, 1.165) is 24.3 Å². The van der Waals surface area contributed by atoms with E-state index in [1.807, 2.05) is 6.07 Å². The van der Waals surface area contributed by atoms with Crippen molar-refractivity contribution in [1.29, 1.82) is 0 Å². The summed E-state index contributed by atoms with van der Waals surface area (Å²) in [6, 6.07) is 10.8. The molecule has 0 amide bonds. The van der Waals surface area contributed by atoms with E-state index in [9.17, 15) is 5.11 Å². The normalized spacial score (nSPS) is 15.9.